The number of ether oxygens (including phenoxy) is 1. The van der Waals surface area contributed by atoms with Gasteiger partial charge < -0.3 is 9.64 Å². The number of carbonyl (C=O) groups excluding carboxylic acids is 2. The van der Waals surface area contributed by atoms with Gasteiger partial charge in [0.2, 0.25) is 0 Å². The van der Waals surface area contributed by atoms with Crippen LogP contribution in [0.15, 0.2) is 84.4 Å². The summed E-state index contributed by atoms with van der Waals surface area (Å²) in [6.07, 6.45) is 1.61. The zero-order valence-electron chi connectivity index (χ0n) is 19.3. The summed E-state index contributed by atoms with van der Waals surface area (Å²) in [7, 11) is 3.91. The highest BCUT2D eigenvalue weighted by molar-refractivity contribution is 7.81. The minimum Gasteiger partial charge on any atom is -0.494 e. The summed E-state index contributed by atoms with van der Waals surface area (Å²) < 4.78 is 5.52. The van der Waals surface area contributed by atoms with E-state index in [2.05, 4.69) is 0 Å². The van der Waals surface area contributed by atoms with Crippen molar-refractivity contribution in [3.8, 4) is 5.75 Å². The van der Waals surface area contributed by atoms with Gasteiger partial charge in [0.05, 0.1) is 18.0 Å². The van der Waals surface area contributed by atoms with Crippen molar-refractivity contribution in [1.29, 1.82) is 0 Å². The number of para-hydroxylation sites is 1. The maximum Gasteiger partial charge on any atom is 0.270 e. The van der Waals surface area contributed by atoms with Crippen LogP contribution in [0.1, 0.15) is 12.5 Å². The van der Waals surface area contributed by atoms with Gasteiger partial charge in [-0.1, -0.05) is 30.3 Å². The van der Waals surface area contributed by atoms with Crippen LogP contribution >= 0.6 is 12.2 Å². The predicted molar refractivity (Wildman–Crippen MR) is 140 cm³/mol. The van der Waals surface area contributed by atoms with E-state index >= 15 is 0 Å². The summed E-state index contributed by atoms with van der Waals surface area (Å²) in [6.45, 7) is 2.44. The lowest BCUT2D eigenvalue weighted by atomic mass is 10.0. The van der Waals surface area contributed by atoms with Crippen molar-refractivity contribution in [3.05, 3.63) is 90.0 Å². The molecule has 0 aliphatic carbocycles. The molecule has 0 N–H and O–H groups in total. The summed E-state index contributed by atoms with van der Waals surface area (Å²) in [5.74, 6) is -0.238. The molecule has 34 heavy (non-hydrogen) atoms. The molecule has 1 aliphatic heterocycles. The maximum atomic E-state index is 13.6. The molecule has 172 valence electrons. The number of thiocarbonyl (C=S) groups is 1. The largest absolute Gasteiger partial charge is 0.494 e. The van der Waals surface area contributed by atoms with Crippen molar-refractivity contribution in [1.82, 2.24) is 0 Å². The van der Waals surface area contributed by atoms with Gasteiger partial charge in [0.15, 0.2) is 5.11 Å². The molecule has 6 nitrogen and oxygen atoms in total. The quantitative estimate of drug-likeness (QED) is 0.291. The number of hydrogen-bond acceptors (Lipinski definition) is 5. The van der Waals surface area contributed by atoms with Crippen LogP contribution in [-0.2, 0) is 9.59 Å². The molecular weight excluding hydrogens is 446 g/mol. The average molecular weight is 472 g/mol. The topological polar surface area (TPSA) is 53.1 Å². The summed E-state index contributed by atoms with van der Waals surface area (Å²) in [6, 6.07) is 23.8. The normalized spacial score (nSPS) is 15.1. The maximum absolute atomic E-state index is 13.6. The molecule has 3 aromatic rings. The molecule has 7 heteroatoms. The first-order valence-electron chi connectivity index (χ1n) is 10.9. The molecule has 4 rings (SSSR count). The SMILES string of the molecule is CCOc1ccc(N2C(=O)/C(=C/c3ccc(N(C)C)cc3)C(=O)N(c3ccccc3)C2=S)cc1. The van der Waals surface area contributed by atoms with E-state index in [0.29, 0.717) is 23.7 Å². The fourth-order valence-electron chi connectivity index (χ4n) is 3.66. The second kappa shape index (κ2) is 9.89. The van der Waals surface area contributed by atoms with Crippen molar-refractivity contribution < 1.29 is 14.3 Å². The highest BCUT2D eigenvalue weighted by Crippen LogP contribution is 2.31. The Labute approximate surface area is 204 Å². The van der Waals surface area contributed by atoms with E-state index in [1.165, 1.54) is 9.80 Å². The highest BCUT2D eigenvalue weighted by Gasteiger charge is 2.41. The van der Waals surface area contributed by atoms with Crippen LogP contribution in [0.5, 0.6) is 5.75 Å². The van der Waals surface area contributed by atoms with E-state index in [0.717, 1.165) is 11.3 Å². The Morgan fingerprint density at radius 3 is 1.91 bits per heavy atom. The van der Waals surface area contributed by atoms with Gasteiger partial charge in [0.25, 0.3) is 11.8 Å². The van der Waals surface area contributed by atoms with Crippen LogP contribution in [0.3, 0.4) is 0 Å². The fourth-order valence-corrected chi connectivity index (χ4v) is 4.03. The molecule has 1 fully saturated rings. The van der Waals surface area contributed by atoms with Gasteiger partial charge in [-0.25, -0.2) is 0 Å². The fraction of sp³-hybridized carbons (Fsp3) is 0.148. The number of benzene rings is 3. The van der Waals surface area contributed by atoms with Crippen molar-refractivity contribution >= 4 is 52.3 Å². The minimum atomic E-state index is -0.469. The molecule has 1 heterocycles. The van der Waals surface area contributed by atoms with E-state index in [1.54, 1.807) is 42.5 Å². The molecule has 0 spiro atoms. The molecule has 3 aromatic carbocycles. The van der Waals surface area contributed by atoms with Crippen molar-refractivity contribution in [2.24, 2.45) is 0 Å². The molecule has 0 unspecified atom stereocenters. The summed E-state index contributed by atoms with van der Waals surface area (Å²) in [5, 5.41) is 0.102. The van der Waals surface area contributed by atoms with E-state index in [4.69, 9.17) is 17.0 Å². The number of carbonyl (C=O) groups is 2. The van der Waals surface area contributed by atoms with Gasteiger partial charge in [-0.15, -0.1) is 0 Å². The molecule has 0 aromatic heterocycles. The number of hydrogen-bond donors (Lipinski definition) is 0. The van der Waals surface area contributed by atoms with Crippen LogP contribution < -0.4 is 19.4 Å². The number of amides is 2. The standard InChI is InChI=1S/C27H25N3O3S/c1-4-33-23-16-14-22(15-17-23)30-26(32)24(18-19-10-12-20(13-11-19)28(2)3)25(31)29(27(30)34)21-8-6-5-7-9-21/h5-18H,4H2,1-3H3/b24-18+. The lowest BCUT2D eigenvalue weighted by Crippen LogP contribution is -2.56. The molecule has 1 saturated heterocycles. The second-order valence-corrected chi connectivity index (χ2v) is 8.24. The minimum absolute atomic E-state index is 0.0314. The Morgan fingerprint density at radius 2 is 1.38 bits per heavy atom. The Hall–Kier alpha value is -3.97. The highest BCUT2D eigenvalue weighted by atomic mass is 32.1. The third-order valence-corrected chi connectivity index (χ3v) is 5.76. The zero-order valence-corrected chi connectivity index (χ0v) is 20.1. The molecular formula is C27H25N3O3S. The van der Waals surface area contributed by atoms with Crippen LogP contribution in [0.2, 0.25) is 0 Å². The summed E-state index contributed by atoms with van der Waals surface area (Å²) in [4.78, 5) is 31.9. The third kappa shape index (κ3) is 4.56. The van der Waals surface area contributed by atoms with Crippen LogP contribution in [0, 0.1) is 0 Å². The molecule has 1 aliphatic rings. The van der Waals surface area contributed by atoms with Gasteiger partial charge in [0.1, 0.15) is 11.3 Å². The van der Waals surface area contributed by atoms with Crippen LogP contribution in [-0.4, -0.2) is 37.6 Å². The number of nitrogens with zero attached hydrogens (tertiary/aromatic N) is 3. The van der Waals surface area contributed by atoms with Crippen molar-refractivity contribution in [2.75, 3.05) is 35.4 Å². The molecule has 0 radical (unpaired) electrons. The molecule has 0 bridgehead atoms. The van der Waals surface area contributed by atoms with E-state index in [1.807, 2.05) is 68.4 Å². The molecule has 0 saturated carbocycles. The molecule has 0 atom stereocenters. The van der Waals surface area contributed by atoms with Crippen LogP contribution in [0.25, 0.3) is 6.08 Å². The number of anilines is 3. The lowest BCUT2D eigenvalue weighted by Gasteiger charge is -2.36. The third-order valence-electron chi connectivity index (χ3n) is 5.39. The second-order valence-electron chi connectivity index (χ2n) is 7.87. The summed E-state index contributed by atoms with van der Waals surface area (Å²) in [5.41, 5.74) is 2.95. The monoisotopic (exact) mass is 471 g/mol. The molecule has 2 amide bonds. The Bertz CT molecular complexity index is 1240. The van der Waals surface area contributed by atoms with E-state index < -0.39 is 11.8 Å². The Kier molecular flexibility index (Phi) is 6.75. The summed E-state index contributed by atoms with van der Waals surface area (Å²) >= 11 is 5.66. The van der Waals surface area contributed by atoms with Crippen molar-refractivity contribution in [2.45, 2.75) is 6.92 Å². The zero-order chi connectivity index (χ0) is 24.2. The number of rotatable bonds is 6. The van der Waals surface area contributed by atoms with Crippen molar-refractivity contribution in [3.63, 3.8) is 0 Å². The van der Waals surface area contributed by atoms with Gasteiger partial charge in [-0.2, -0.15) is 0 Å². The van der Waals surface area contributed by atoms with E-state index in [9.17, 15) is 9.59 Å². The van der Waals surface area contributed by atoms with Gasteiger partial charge in [-0.05, 0) is 79.3 Å². The lowest BCUT2D eigenvalue weighted by molar-refractivity contribution is -0.120. The van der Waals surface area contributed by atoms with Gasteiger partial charge >= 0.3 is 0 Å². The average Bonchev–Trinajstić information content (AvgIpc) is 2.84. The van der Waals surface area contributed by atoms with Crippen LogP contribution in [0.4, 0.5) is 17.1 Å². The Balaban J connectivity index is 1.79. The first-order chi connectivity index (χ1) is 16.4. The van der Waals surface area contributed by atoms with E-state index in [-0.39, 0.29) is 10.7 Å². The smallest absolute Gasteiger partial charge is 0.270 e. The predicted octanol–water partition coefficient (Wildman–Crippen LogP) is 4.90. The first-order valence-corrected chi connectivity index (χ1v) is 11.3. The first kappa shape index (κ1) is 23.2. The van der Waals surface area contributed by atoms with Gasteiger partial charge in [0, 0.05) is 19.8 Å². The Morgan fingerprint density at radius 1 is 0.824 bits per heavy atom. The van der Waals surface area contributed by atoms with Gasteiger partial charge in [-0.3, -0.25) is 19.4 Å².